The average molecular weight is 602 g/mol. The Hall–Kier alpha value is -3.37. The summed E-state index contributed by atoms with van der Waals surface area (Å²) >= 11 is 4.76. The maximum atomic E-state index is 13.8. The smallest absolute Gasteiger partial charge is 0.338 e. The molecule has 8 nitrogen and oxygen atoms in total. The van der Waals surface area contributed by atoms with E-state index >= 15 is 0 Å². The normalized spacial score (nSPS) is 15.3. The monoisotopic (exact) mass is 600 g/mol. The number of carbonyl (C=O) groups excluding carboxylic acids is 1. The minimum atomic E-state index is -0.701. The molecule has 0 unspecified atom stereocenters. The summed E-state index contributed by atoms with van der Waals surface area (Å²) in [4.78, 5) is 32.2. The predicted molar refractivity (Wildman–Crippen MR) is 150 cm³/mol. The van der Waals surface area contributed by atoms with Crippen molar-refractivity contribution in [1.29, 1.82) is 0 Å². The minimum Gasteiger partial charge on any atom is -0.494 e. The van der Waals surface area contributed by atoms with E-state index < -0.39 is 12.0 Å². The van der Waals surface area contributed by atoms with Crippen molar-refractivity contribution >= 4 is 39.3 Å². The zero-order valence-corrected chi connectivity index (χ0v) is 24.4. The molecular weight excluding hydrogens is 572 g/mol. The first-order valence-electron chi connectivity index (χ1n) is 12.1. The van der Waals surface area contributed by atoms with E-state index in [1.165, 1.54) is 11.3 Å². The summed E-state index contributed by atoms with van der Waals surface area (Å²) in [5.41, 5.74) is 2.07. The van der Waals surface area contributed by atoms with E-state index in [4.69, 9.17) is 18.9 Å². The van der Waals surface area contributed by atoms with Crippen molar-refractivity contribution in [3.05, 3.63) is 83.0 Å². The van der Waals surface area contributed by atoms with Crippen LogP contribution in [0.25, 0.3) is 6.08 Å². The summed E-state index contributed by atoms with van der Waals surface area (Å²) in [6.07, 6.45) is 1.45. The lowest BCUT2D eigenvalue weighted by Crippen LogP contribution is -2.40. The molecule has 38 heavy (non-hydrogen) atoms. The first-order chi connectivity index (χ1) is 18.2. The number of aromatic nitrogens is 1. The van der Waals surface area contributed by atoms with Gasteiger partial charge in [-0.15, -0.1) is 0 Å². The molecule has 0 amide bonds. The molecule has 1 aliphatic heterocycles. The fourth-order valence-electron chi connectivity index (χ4n) is 4.26. The van der Waals surface area contributed by atoms with Crippen LogP contribution in [0.4, 0.5) is 0 Å². The van der Waals surface area contributed by atoms with E-state index in [1.54, 1.807) is 51.7 Å². The highest BCUT2D eigenvalue weighted by atomic mass is 79.9. The number of rotatable bonds is 8. The number of fused-ring (bicyclic) bond motifs is 1. The molecule has 3 aromatic rings. The zero-order chi connectivity index (χ0) is 27.6. The molecular formula is C28H29BrN2O6S. The van der Waals surface area contributed by atoms with Crippen molar-refractivity contribution in [3.63, 3.8) is 0 Å². The van der Waals surface area contributed by atoms with Crippen molar-refractivity contribution in [1.82, 2.24) is 4.57 Å². The van der Waals surface area contributed by atoms with E-state index in [0.29, 0.717) is 48.9 Å². The molecule has 0 spiro atoms. The third-order valence-electron chi connectivity index (χ3n) is 5.84. The van der Waals surface area contributed by atoms with Gasteiger partial charge in [0.05, 0.1) is 53.2 Å². The largest absolute Gasteiger partial charge is 0.494 e. The van der Waals surface area contributed by atoms with E-state index in [-0.39, 0.29) is 11.7 Å². The first kappa shape index (κ1) is 27.7. The minimum absolute atomic E-state index is 0.263. The Balaban J connectivity index is 1.91. The summed E-state index contributed by atoms with van der Waals surface area (Å²) in [6.45, 7) is 7.79. The molecule has 0 aliphatic carbocycles. The highest BCUT2D eigenvalue weighted by molar-refractivity contribution is 9.10. The third kappa shape index (κ3) is 5.42. The van der Waals surface area contributed by atoms with Crippen LogP contribution < -0.4 is 29.1 Å². The van der Waals surface area contributed by atoms with Crippen LogP contribution in [0.5, 0.6) is 17.2 Å². The Bertz CT molecular complexity index is 1570. The Morgan fingerprint density at radius 2 is 1.89 bits per heavy atom. The summed E-state index contributed by atoms with van der Waals surface area (Å²) in [5.74, 6) is 1.29. The van der Waals surface area contributed by atoms with E-state index in [0.717, 1.165) is 11.1 Å². The van der Waals surface area contributed by atoms with Crippen molar-refractivity contribution in [3.8, 4) is 17.2 Å². The number of halogens is 1. The van der Waals surface area contributed by atoms with Crippen molar-refractivity contribution in [2.24, 2.45) is 4.99 Å². The standard InChI is InChI=1S/C28H29BrN2O6S/c1-7-36-19-10-8-18(9-11-19)24-23(27(33)37-15(2)3)16(4)30-28-31(24)26(32)22(38-28)14-17-12-20(29)25(35-6)21(13-17)34-5/h8-15,24H,7H2,1-6H3/b22-14+/t24-/m1/s1. The summed E-state index contributed by atoms with van der Waals surface area (Å²) in [5, 5.41) is 0. The fraction of sp³-hybridized carbons (Fsp3) is 0.321. The molecule has 0 saturated heterocycles. The van der Waals surface area contributed by atoms with Gasteiger partial charge in [-0.1, -0.05) is 23.5 Å². The fourth-order valence-corrected chi connectivity index (χ4v) is 5.93. The van der Waals surface area contributed by atoms with Gasteiger partial charge in [0.1, 0.15) is 5.75 Å². The van der Waals surface area contributed by atoms with Gasteiger partial charge in [0.25, 0.3) is 5.56 Å². The number of hydrogen-bond acceptors (Lipinski definition) is 8. The van der Waals surface area contributed by atoms with Crippen molar-refractivity contribution < 1.29 is 23.7 Å². The number of allylic oxidation sites excluding steroid dienone is 1. The number of nitrogens with zero attached hydrogens (tertiary/aromatic N) is 2. The molecule has 2 heterocycles. The number of carbonyl (C=O) groups is 1. The highest BCUT2D eigenvalue weighted by Crippen LogP contribution is 2.36. The van der Waals surface area contributed by atoms with Crippen LogP contribution in [-0.4, -0.2) is 37.5 Å². The van der Waals surface area contributed by atoms with Crippen molar-refractivity contribution in [2.75, 3.05) is 20.8 Å². The molecule has 10 heteroatoms. The van der Waals surface area contributed by atoms with Crippen LogP contribution in [0.2, 0.25) is 0 Å². The second-order valence-electron chi connectivity index (χ2n) is 8.78. The zero-order valence-electron chi connectivity index (χ0n) is 22.0. The number of hydrogen-bond donors (Lipinski definition) is 0. The number of ether oxygens (including phenoxy) is 4. The van der Waals surface area contributed by atoms with Gasteiger partial charge in [0, 0.05) is 0 Å². The highest BCUT2D eigenvalue weighted by Gasteiger charge is 2.33. The predicted octanol–water partition coefficient (Wildman–Crippen LogP) is 4.37. The van der Waals surface area contributed by atoms with Gasteiger partial charge in [-0.3, -0.25) is 9.36 Å². The summed E-state index contributed by atoms with van der Waals surface area (Å²) < 4.78 is 24.7. The molecule has 0 bridgehead atoms. The lowest BCUT2D eigenvalue weighted by molar-refractivity contribution is -0.143. The second kappa shape index (κ2) is 11.6. The maximum absolute atomic E-state index is 13.8. The van der Waals surface area contributed by atoms with E-state index in [2.05, 4.69) is 20.9 Å². The van der Waals surface area contributed by atoms with Gasteiger partial charge in [0.2, 0.25) is 0 Å². The van der Waals surface area contributed by atoms with Gasteiger partial charge in [-0.2, -0.15) is 0 Å². The SMILES string of the molecule is CCOc1ccc([C@@H]2C(C(=O)OC(C)C)=C(C)N=c3s/c(=C/c4cc(Br)c(OC)c(OC)c4)c(=O)n32)cc1. The Labute approximate surface area is 233 Å². The van der Waals surface area contributed by atoms with Gasteiger partial charge in [0.15, 0.2) is 16.3 Å². The Morgan fingerprint density at radius 1 is 1.18 bits per heavy atom. The second-order valence-corrected chi connectivity index (χ2v) is 10.6. The number of methoxy groups -OCH3 is 2. The van der Waals surface area contributed by atoms with E-state index in [1.807, 2.05) is 37.3 Å². The van der Waals surface area contributed by atoms with Crippen LogP contribution >= 0.6 is 27.3 Å². The lowest BCUT2D eigenvalue weighted by atomic mass is 9.96. The van der Waals surface area contributed by atoms with Crippen LogP contribution in [-0.2, 0) is 9.53 Å². The van der Waals surface area contributed by atoms with E-state index in [9.17, 15) is 9.59 Å². The Morgan fingerprint density at radius 3 is 2.50 bits per heavy atom. The molecule has 1 aromatic heterocycles. The molecule has 0 radical (unpaired) electrons. The van der Waals surface area contributed by atoms with Crippen molar-refractivity contribution in [2.45, 2.75) is 39.8 Å². The molecule has 1 atom stereocenters. The number of benzene rings is 2. The number of thiazole rings is 1. The molecule has 1 aliphatic rings. The van der Waals surface area contributed by atoms with Crippen LogP contribution in [0.15, 0.2) is 61.9 Å². The van der Waals surface area contributed by atoms with Gasteiger partial charge in [-0.25, -0.2) is 9.79 Å². The maximum Gasteiger partial charge on any atom is 0.338 e. The average Bonchev–Trinajstić information content (AvgIpc) is 3.17. The van der Waals surface area contributed by atoms with Gasteiger partial charge < -0.3 is 18.9 Å². The van der Waals surface area contributed by atoms with Gasteiger partial charge in [-0.05, 0) is 85.1 Å². The Kier molecular flexibility index (Phi) is 8.42. The van der Waals surface area contributed by atoms with Crippen LogP contribution in [0.1, 0.15) is 44.9 Å². The molecule has 2 aromatic carbocycles. The quantitative estimate of drug-likeness (QED) is 0.357. The summed E-state index contributed by atoms with van der Waals surface area (Å²) in [7, 11) is 3.12. The third-order valence-corrected chi connectivity index (χ3v) is 7.42. The van der Waals surface area contributed by atoms with Crippen LogP contribution in [0, 0.1) is 0 Å². The number of esters is 1. The molecule has 0 N–H and O–H groups in total. The lowest BCUT2D eigenvalue weighted by Gasteiger charge is -2.25. The molecule has 0 fully saturated rings. The topological polar surface area (TPSA) is 88.4 Å². The summed E-state index contributed by atoms with van der Waals surface area (Å²) in [6, 6.07) is 10.3. The molecule has 200 valence electrons. The van der Waals surface area contributed by atoms with Gasteiger partial charge >= 0.3 is 5.97 Å². The first-order valence-corrected chi connectivity index (χ1v) is 13.7. The van der Waals surface area contributed by atoms with Crippen LogP contribution in [0.3, 0.4) is 0 Å². The molecule has 4 rings (SSSR count). The molecule has 0 saturated carbocycles.